The third-order valence-corrected chi connectivity index (χ3v) is 3.81. The minimum Gasteiger partial charge on any atom is -0.459 e. The van der Waals surface area contributed by atoms with Gasteiger partial charge in [-0.2, -0.15) is 0 Å². The van der Waals surface area contributed by atoms with Crippen molar-refractivity contribution >= 4 is 23.7 Å². The van der Waals surface area contributed by atoms with E-state index in [-0.39, 0.29) is 23.1 Å². The highest BCUT2D eigenvalue weighted by Gasteiger charge is 2.31. The summed E-state index contributed by atoms with van der Waals surface area (Å²) in [5, 5.41) is 10.0. The summed E-state index contributed by atoms with van der Waals surface area (Å²) in [5.74, 6) is 0.432. The second-order valence-corrected chi connectivity index (χ2v) is 5.62. The van der Waals surface area contributed by atoms with Crippen LogP contribution in [0.15, 0.2) is 32.5 Å². The Morgan fingerprint density at radius 1 is 1.52 bits per heavy atom. The topological polar surface area (TPSA) is 101 Å². The second-order valence-electron chi connectivity index (χ2n) is 4.33. The number of hydrogen-bond acceptors (Lipinski definition) is 7. The van der Waals surface area contributed by atoms with Gasteiger partial charge in [-0.15, -0.1) is 10.2 Å². The third kappa shape index (κ3) is 2.77. The number of urea groups is 1. The molecule has 8 nitrogen and oxygen atoms in total. The minimum absolute atomic E-state index is 0.251. The van der Waals surface area contributed by atoms with Gasteiger partial charge in [0.1, 0.15) is 0 Å². The molecule has 3 amide bonds. The van der Waals surface area contributed by atoms with E-state index < -0.39 is 5.25 Å². The number of amides is 3. The largest absolute Gasteiger partial charge is 0.459 e. The lowest BCUT2D eigenvalue weighted by molar-refractivity contribution is -0.126. The quantitative estimate of drug-likeness (QED) is 0.851. The number of furan rings is 1. The first-order valence-electron chi connectivity index (χ1n) is 6.28. The van der Waals surface area contributed by atoms with Crippen LogP contribution < -0.4 is 5.32 Å². The Morgan fingerprint density at radius 2 is 2.38 bits per heavy atom. The van der Waals surface area contributed by atoms with Gasteiger partial charge in [-0.1, -0.05) is 11.8 Å². The van der Waals surface area contributed by atoms with Crippen molar-refractivity contribution in [3.63, 3.8) is 0 Å². The summed E-state index contributed by atoms with van der Waals surface area (Å²) < 4.78 is 10.6. The fraction of sp³-hybridized carbons (Fsp3) is 0.333. The maximum Gasteiger partial charge on any atom is 0.324 e. The molecule has 3 rings (SSSR count). The van der Waals surface area contributed by atoms with E-state index in [0.29, 0.717) is 18.8 Å². The van der Waals surface area contributed by atoms with E-state index in [1.54, 1.807) is 19.1 Å². The highest BCUT2D eigenvalue weighted by molar-refractivity contribution is 8.00. The van der Waals surface area contributed by atoms with Crippen molar-refractivity contribution in [2.24, 2.45) is 0 Å². The maximum atomic E-state index is 12.1. The molecule has 1 N–H and O–H groups in total. The van der Waals surface area contributed by atoms with E-state index in [4.69, 9.17) is 8.83 Å². The molecule has 1 atom stereocenters. The van der Waals surface area contributed by atoms with Gasteiger partial charge in [0.15, 0.2) is 5.76 Å². The summed E-state index contributed by atoms with van der Waals surface area (Å²) >= 11 is 1.11. The molecule has 21 heavy (non-hydrogen) atoms. The Labute approximate surface area is 123 Å². The molecular formula is C12H12N4O4S. The zero-order chi connectivity index (χ0) is 14.8. The number of nitrogens with one attached hydrogen (secondary N) is 1. The monoisotopic (exact) mass is 308 g/mol. The van der Waals surface area contributed by atoms with Crippen molar-refractivity contribution in [1.29, 1.82) is 0 Å². The van der Waals surface area contributed by atoms with Crippen LogP contribution in [0, 0.1) is 0 Å². The Bertz CT molecular complexity index is 654. The van der Waals surface area contributed by atoms with Gasteiger partial charge in [-0.3, -0.25) is 9.69 Å². The van der Waals surface area contributed by atoms with Gasteiger partial charge in [-0.25, -0.2) is 4.79 Å². The first kappa shape index (κ1) is 13.7. The fourth-order valence-corrected chi connectivity index (χ4v) is 2.61. The SMILES string of the molecule is CC(Sc1nnc(-c2ccco2)o1)C(=O)N1CCNC1=O. The summed E-state index contributed by atoms with van der Waals surface area (Å²) in [7, 11) is 0. The van der Waals surface area contributed by atoms with E-state index in [2.05, 4.69) is 15.5 Å². The molecule has 0 aliphatic carbocycles. The zero-order valence-corrected chi connectivity index (χ0v) is 11.9. The lowest BCUT2D eigenvalue weighted by atomic mass is 10.4. The number of imide groups is 1. The Kier molecular flexibility index (Phi) is 3.65. The first-order valence-corrected chi connectivity index (χ1v) is 7.16. The first-order chi connectivity index (χ1) is 10.1. The molecular weight excluding hydrogens is 296 g/mol. The molecule has 0 saturated carbocycles. The smallest absolute Gasteiger partial charge is 0.324 e. The van der Waals surface area contributed by atoms with Gasteiger partial charge in [0.25, 0.3) is 11.1 Å². The van der Waals surface area contributed by atoms with Gasteiger partial charge in [0.05, 0.1) is 11.5 Å². The molecule has 1 aliphatic heterocycles. The van der Waals surface area contributed by atoms with Crippen LogP contribution in [-0.4, -0.2) is 45.4 Å². The molecule has 9 heteroatoms. The van der Waals surface area contributed by atoms with Crippen molar-refractivity contribution in [2.45, 2.75) is 17.4 Å². The lowest BCUT2D eigenvalue weighted by Gasteiger charge is -2.15. The molecule has 2 aromatic heterocycles. The molecule has 0 aromatic carbocycles. The molecule has 3 heterocycles. The van der Waals surface area contributed by atoms with Gasteiger partial charge < -0.3 is 14.2 Å². The van der Waals surface area contributed by atoms with Crippen LogP contribution in [0.25, 0.3) is 11.7 Å². The molecule has 0 radical (unpaired) electrons. The Balaban J connectivity index is 1.66. The molecule has 1 aliphatic rings. The zero-order valence-electron chi connectivity index (χ0n) is 11.1. The van der Waals surface area contributed by atoms with E-state index in [1.165, 1.54) is 11.2 Å². The van der Waals surface area contributed by atoms with E-state index >= 15 is 0 Å². The highest BCUT2D eigenvalue weighted by atomic mass is 32.2. The molecule has 1 saturated heterocycles. The number of carbonyl (C=O) groups excluding carboxylic acids is 2. The molecule has 2 aromatic rings. The van der Waals surface area contributed by atoms with Gasteiger partial charge in [0.2, 0.25) is 5.91 Å². The van der Waals surface area contributed by atoms with Crippen LogP contribution in [-0.2, 0) is 4.79 Å². The third-order valence-electron chi connectivity index (χ3n) is 2.89. The molecule has 0 bridgehead atoms. The van der Waals surface area contributed by atoms with Gasteiger partial charge in [0, 0.05) is 13.1 Å². The molecule has 110 valence electrons. The summed E-state index contributed by atoms with van der Waals surface area (Å²) in [5.41, 5.74) is 0. The van der Waals surface area contributed by atoms with Crippen LogP contribution in [0.5, 0.6) is 0 Å². The second kappa shape index (κ2) is 5.60. The fourth-order valence-electron chi connectivity index (χ4n) is 1.86. The van der Waals surface area contributed by atoms with Crippen molar-refractivity contribution in [3.8, 4) is 11.7 Å². The van der Waals surface area contributed by atoms with Crippen LogP contribution in [0.3, 0.4) is 0 Å². The Morgan fingerprint density at radius 3 is 3.05 bits per heavy atom. The number of thioether (sulfide) groups is 1. The summed E-state index contributed by atoms with van der Waals surface area (Å²) in [6.45, 7) is 2.55. The predicted molar refractivity (Wildman–Crippen MR) is 72.4 cm³/mol. The normalized spacial score (nSPS) is 16.0. The maximum absolute atomic E-state index is 12.1. The Hall–Kier alpha value is -2.29. The van der Waals surface area contributed by atoms with Crippen LogP contribution in [0.4, 0.5) is 4.79 Å². The van der Waals surface area contributed by atoms with Crippen molar-refractivity contribution in [3.05, 3.63) is 18.4 Å². The van der Waals surface area contributed by atoms with Crippen molar-refractivity contribution in [2.75, 3.05) is 13.1 Å². The minimum atomic E-state index is -0.501. The summed E-state index contributed by atoms with van der Waals surface area (Å²) in [4.78, 5) is 24.8. The molecule has 1 fully saturated rings. The number of carbonyl (C=O) groups is 2. The standard InChI is InChI=1S/C12H12N4O4S/c1-7(10(17)16-5-4-13-11(16)18)21-12-15-14-9(20-12)8-3-2-6-19-8/h2-3,6-7H,4-5H2,1H3,(H,13,18). The van der Waals surface area contributed by atoms with Gasteiger partial charge in [-0.05, 0) is 19.1 Å². The number of rotatable bonds is 4. The van der Waals surface area contributed by atoms with Crippen LogP contribution >= 0.6 is 11.8 Å². The lowest BCUT2D eigenvalue weighted by Crippen LogP contribution is -2.38. The molecule has 1 unspecified atom stereocenters. The average molecular weight is 308 g/mol. The number of hydrogen-bond donors (Lipinski definition) is 1. The summed E-state index contributed by atoms with van der Waals surface area (Å²) in [6, 6.07) is 3.05. The van der Waals surface area contributed by atoms with Crippen LogP contribution in [0.2, 0.25) is 0 Å². The molecule has 0 spiro atoms. The number of aromatic nitrogens is 2. The predicted octanol–water partition coefficient (Wildman–Crippen LogP) is 1.36. The van der Waals surface area contributed by atoms with E-state index in [9.17, 15) is 9.59 Å². The van der Waals surface area contributed by atoms with Crippen LogP contribution in [0.1, 0.15) is 6.92 Å². The summed E-state index contributed by atoms with van der Waals surface area (Å²) in [6.07, 6.45) is 1.50. The number of nitrogens with zero attached hydrogens (tertiary/aromatic N) is 3. The average Bonchev–Trinajstić information content (AvgIpc) is 3.17. The van der Waals surface area contributed by atoms with E-state index in [0.717, 1.165) is 11.8 Å². The van der Waals surface area contributed by atoms with Crippen molar-refractivity contribution < 1.29 is 18.4 Å². The van der Waals surface area contributed by atoms with Gasteiger partial charge >= 0.3 is 6.03 Å². The highest BCUT2D eigenvalue weighted by Crippen LogP contribution is 2.27. The van der Waals surface area contributed by atoms with E-state index in [1.807, 2.05) is 0 Å². The van der Waals surface area contributed by atoms with Crippen molar-refractivity contribution in [1.82, 2.24) is 20.4 Å².